The highest BCUT2D eigenvalue weighted by Crippen LogP contribution is 2.17. The van der Waals surface area contributed by atoms with E-state index in [-0.39, 0.29) is 17.3 Å². The van der Waals surface area contributed by atoms with Gasteiger partial charge in [0.05, 0.1) is 11.4 Å². The molecule has 0 spiro atoms. The highest BCUT2D eigenvalue weighted by atomic mass is 32.2. The van der Waals surface area contributed by atoms with Gasteiger partial charge in [0, 0.05) is 16.8 Å². The summed E-state index contributed by atoms with van der Waals surface area (Å²) < 4.78 is 27.3. The van der Waals surface area contributed by atoms with Crippen LogP contribution in [0.25, 0.3) is 0 Å². The minimum Gasteiger partial charge on any atom is -0.341 e. The molecule has 0 saturated heterocycles. The predicted molar refractivity (Wildman–Crippen MR) is 109 cm³/mol. The number of carbonyl (C=O) groups is 1. The van der Waals surface area contributed by atoms with Crippen LogP contribution in [0, 0.1) is 11.8 Å². The van der Waals surface area contributed by atoms with Gasteiger partial charge in [-0.2, -0.15) is 0 Å². The van der Waals surface area contributed by atoms with E-state index >= 15 is 0 Å². The maximum Gasteiger partial charge on any atom is 0.261 e. The van der Waals surface area contributed by atoms with E-state index in [1.165, 1.54) is 18.2 Å². The first-order valence-electron chi connectivity index (χ1n) is 8.55. The van der Waals surface area contributed by atoms with Gasteiger partial charge >= 0.3 is 0 Å². The Bertz CT molecular complexity index is 1120. The number of benzene rings is 3. The zero-order valence-electron chi connectivity index (χ0n) is 14.9. The molecule has 140 valence electrons. The Labute approximate surface area is 164 Å². The van der Waals surface area contributed by atoms with Gasteiger partial charge in [0.2, 0.25) is 0 Å². The number of amides is 1. The quantitative estimate of drug-likeness (QED) is 0.657. The Morgan fingerprint density at radius 1 is 0.857 bits per heavy atom. The minimum atomic E-state index is -3.71. The molecule has 5 nitrogen and oxygen atoms in total. The summed E-state index contributed by atoms with van der Waals surface area (Å²) in [5.41, 5.74) is 1.52. The molecule has 6 heteroatoms. The Morgan fingerprint density at radius 2 is 1.54 bits per heavy atom. The van der Waals surface area contributed by atoms with E-state index in [2.05, 4.69) is 21.9 Å². The second kappa shape index (κ2) is 8.89. The maximum atomic E-state index is 12.4. The van der Waals surface area contributed by atoms with Gasteiger partial charge in [-0.1, -0.05) is 54.3 Å². The third kappa shape index (κ3) is 5.22. The van der Waals surface area contributed by atoms with Crippen LogP contribution in [0.2, 0.25) is 0 Å². The predicted octanol–water partition coefficient (Wildman–Crippen LogP) is 3.27. The van der Waals surface area contributed by atoms with Crippen molar-refractivity contribution in [2.45, 2.75) is 4.90 Å². The van der Waals surface area contributed by atoms with Crippen LogP contribution in [0.1, 0.15) is 15.9 Å². The van der Waals surface area contributed by atoms with Crippen LogP contribution < -0.4 is 10.0 Å². The molecule has 0 saturated carbocycles. The Hall–Kier alpha value is -3.56. The maximum absolute atomic E-state index is 12.4. The van der Waals surface area contributed by atoms with E-state index < -0.39 is 10.0 Å². The molecule has 0 fully saturated rings. The van der Waals surface area contributed by atoms with E-state index in [0.717, 1.165) is 5.56 Å². The van der Waals surface area contributed by atoms with Crippen molar-refractivity contribution >= 4 is 21.6 Å². The standard InChI is InChI=1S/C22H18N2O3S/c25-22(23-16-8-11-18-9-3-1-4-10-18)19-12-7-13-20(17-19)24-28(26,27)21-14-5-2-6-15-21/h1-7,9-10,12-15,17,24H,16H2,(H,23,25). The average molecular weight is 390 g/mol. The molecule has 0 radical (unpaired) electrons. The number of rotatable bonds is 5. The topological polar surface area (TPSA) is 75.3 Å². The van der Waals surface area contributed by atoms with Gasteiger partial charge in [-0.3, -0.25) is 9.52 Å². The van der Waals surface area contributed by atoms with Gasteiger partial charge < -0.3 is 5.32 Å². The summed E-state index contributed by atoms with van der Waals surface area (Å²) in [4.78, 5) is 12.4. The molecular weight excluding hydrogens is 372 g/mol. The van der Waals surface area contributed by atoms with Crippen LogP contribution in [0.15, 0.2) is 89.8 Å². The van der Waals surface area contributed by atoms with Crippen molar-refractivity contribution in [3.8, 4) is 11.8 Å². The number of nitrogens with one attached hydrogen (secondary N) is 2. The van der Waals surface area contributed by atoms with Gasteiger partial charge in [0.15, 0.2) is 0 Å². The Kier molecular flexibility index (Phi) is 6.10. The molecule has 0 aliphatic heterocycles. The van der Waals surface area contributed by atoms with Gasteiger partial charge in [-0.15, -0.1) is 0 Å². The summed E-state index contributed by atoms with van der Waals surface area (Å²) in [5, 5.41) is 2.70. The summed E-state index contributed by atoms with van der Waals surface area (Å²) in [6, 6.07) is 23.8. The molecule has 0 atom stereocenters. The molecule has 0 bridgehead atoms. The Morgan fingerprint density at radius 3 is 2.25 bits per heavy atom. The Balaban J connectivity index is 1.64. The highest BCUT2D eigenvalue weighted by molar-refractivity contribution is 7.92. The molecule has 0 aliphatic rings. The summed E-state index contributed by atoms with van der Waals surface area (Å²) in [5.74, 6) is 5.51. The number of hydrogen-bond donors (Lipinski definition) is 2. The van der Waals surface area contributed by atoms with E-state index in [0.29, 0.717) is 11.3 Å². The lowest BCUT2D eigenvalue weighted by molar-refractivity contribution is 0.0958. The van der Waals surface area contributed by atoms with Crippen LogP contribution in [-0.4, -0.2) is 20.9 Å². The van der Waals surface area contributed by atoms with Crippen molar-refractivity contribution in [1.29, 1.82) is 0 Å². The van der Waals surface area contributed by atoms with Crippen molar-refractivity contribution in [3.63, 3.8) is 0 Å². The summed E-state index contributed by atoms with van der Waals surface area (Å²) >= 11 is 0. The van der Waals surface area contributed by atoms with E-state index in [9.17, 15) is 13.2 Å². The fourth-order valence-corrected chi connectivity index (χ4v) is 3.50. The summed E-state index contributed by atoms with van der Waals surface area (Å²) in [7, 11) is -3.71. The molecule has 0 heterocycles. The second-order valence-corrected chi connectivity index (χ2v) is 7.53. The van der Waals surface area contributed by atoms with Crippen molar-refractivity contribution in [1.82, 2.24) is 5.32 Å². The largest absolute Gasteiger partial charge is 0.341 e. The fourth-order valence-electron chi connectivity index (χ4n) is 2.43. The highest BCUT2D eigenvalue weighted by Gasteiger charge is 2.14. The molecule has 0 unspecified atom stereocenters. The first kappa shape index (κ1) is 19.2. The molecule has 3 aromatic rings. The molecule has 3 rings (SSSR count). The van der Waals surface area contributed by atoms with Gasteiger partial charge in [-0.25, -0.2) is 8.42 Å². The van der Waals surface area contributed by atoms with Crippen LogP contribution >= 0.6 is 0 Å². The van der Waals surface area contributed by atoms with Crippen LogP contribution in [-0.2, 0) is 10.0 Å². The molecule has 3 aromatic carbocycles. The fraction of sp³-hybridized carbons (Fsp3) is 0.0455. The van der Waals surface area contributed by atoms with Crippen molar-refractivity contribution in [2.75, 3.05) is 11.3 Å². The van der Waals surface area contributed by atoms with Crippen LogP contribution in [0.5, 0.6) is 0 Å². The lowest BCUT2D eigenvalue weighted by Crippen LogP contribution is -2.23. The molecule has 28 heavy (non-hydrogen) atoms. The SMILES string of the molecule is O=C(NCC#Cc1ccccc1)c1cccc(NS(=O)(=O)c2ccccc2)c1. The number of anilines is 1. The summed E-state index contributed by atoms with van der Waals surface area (Å²) in [6.45, 7) is 0.188. The van der Waals surface area contributed by atoms with Gasteiger partial charge in [0.1, 0.15) is 0 Å². The lowest BCUT2D eigenvalue weighted by atomic mass is 10.2. The first-order chi connectivity index (χ1) is 13.5. The van der Waals surface area contributed by atoms with Crippen LogP contribution in [0.4, 0.5) is 5.69 Å². The monoisotopic (exact) mass is 390 g/mol. The third-order valence-corrected chi connectivity index (χ3v) is 5.17. The minimum absolute atomic E-state index is 0.154. The molecule has 0 aliphatic carbocycles. The smallest absolute Gasteiger partial charge is 0.261 e. The zero-order valence-corrected chi connectivity index (χ0v) is 15.7. The van der Waals surface area contributed by atoms with Crippen molar-refractivity contribution < 1.29 is 13.2 Å². The lowest BCUT2D eigenvalue weighted by Gasteiger charge is -2.09. The van der Waals surface area contributed by atoms with E-state index in [4.69, 9.17) is 0 Å². The number of hydrogen-bond acceptors (Lipinski definition) is 3. The first-order valence-corrected chi connectivity index (χ1v) is 10.0. The van der Waals surface area contributed by atoms with Crippen molar-refractivity contribution in [2.24, 2.45) is 0 Å². The average Bonchev–Trinajstić information content (AvgIpc) is 2.72. The third-order valence-electron chi connectivity index (χ3n) is 3.77. The molecule has 2 N–H and O–H groups in total. The molecule has 1 amide bonds. The molecular formula is C22H18N2O3S. The van der Waals surface area contributed by atoms with Crippen molar-refractivity contribution in [3.05, 3.63) is 96.1 Å². The van der Waals surface area contributed by atoms with Crippen LogP contribution in [0.3, 0.4) is 0 Å². The zero-order chi connectivity index (χ0) is 19.8. The number of carbonyl (C=O) groups excluding carboxylic acids is 1. The second-order valence-electron chi connectivity index (χ2n) is 5.85. The molecule has 0 aromatic heterocycles. The van der Waals surface area contributed by atoms with E-state index in [1.54, 1.807) is 36.4 Å². The van der Waals surface area contributed by atoms with E-state index in [1.807, 2.05) is 30.3 Å². The van der Waals surface area contributed by atoms with Gasteiger partial charge in [0.25, 0.3) is 15.9 Å². The number of sulfonamides is 1. The van der Waals surface area contributed by atoms with Gasteiger partial charge in [-0.05, 0) is 42.5 Å². The summed E-state index contributed by atoms with van der Waals surface area (Å²) in [6.07, 6.45) is 0. The normalized spacial score (nSPS) is 10.4.